The molecule has 6 heteroatoms. The average molecular weight is 347 g/mol. The van der Waals surface area contributed by atoms with Gasteiger partial charge in [0.1, 0.15) is 5.60 Å². The highest BCUT2D eigenvalue weighted by Gasteiger charge is 2.27. The van der Waals surface area contributed by atoms with Crippen molar-refractivity contribution in [1.82, 2.24) is 15.1 Å². The Kier molecular flexibility index (Phi) is 6.28. The Morgan fingerprint density at radius 1 is 1.04 bits per heavy atom. The number of hydrogen-bond acceptors (Lipinski definition) is 3. The first-order valence-electron chi connectivity index (χ1n) is 8.81. The van der Waals surface area contributed by atoms with Gasteiger partial charge in [0.15, 0.2) is 0 Å². The van der Waals surface area contributed by atoms with E-state index >= 15 is 0 Å². The van der Waals surface area contributed by atoms with Crippen LogP contribution in [0.25, 0.3) is 0 Å². The van der Waals surface area contributed by atoms with E-state index in [9.17, 15) is 9.59 Å². The minimum atomic E-state index is -0.498. The van der Waals surface area contributed by atoms with Gasteiger partial charge in [0, 0.05) is 32.7 Å². The number of rotatable bonds is 3. The van der Waals surface area contributed by atoms with Crippen molar-refractivity contribution in [3.8, 4) is 0 Å². The van der Waals surface area contributed by atoms with Crippen LogP contribution in [0, 0.1) is 6.92 Å². The van der Waals surface area contributed by atoms with Crippen LogP contribution >= 0.6 is 0 Å². The Hall–Kier alpha value is -2.24. The molecule has 3 amide bonds. The fourth-order valence-electron chi connectivity index (χ4n) is 2.60. The summed E-state index contributed by atoms with van der Waals surface area (Å²) in [6.07, 6.45) is 0.496. The predicted octanol–water partition coefficient (Wildman–Crippen LogP) is 2.80. The smallest absolute Gasteiger partial charge is 0.410 e. The van der Waals surface area contributed by atoms with Crippen molar-refractivity contribution >= 4 is 12.1 Å². The molecule has 0 aliphatic carbocycles. The van der Waals surface area contributed by atoms with Gasteiger partial charge in [-0.25, -0.2) is 9.59 Å². The molecule has 1 aromatic carbocycles. The molecule has 0 saturated carbocycles. The van der Waals surface area contributed by atoms with E-state index in [4.69, 9.17) is 4.74 Å². The summed E-state index contributed by atoms with van der Waals surface area (Å²) >= 11 is 0. The third-order valence-corrected chi connectivity index (χ3v) is 4.03. The SMILES string of the molecule is Cc1ccc(CCNC(=O)N2CCN(C(=O)OC(C)(C)C)CC2)cc1. The Labute approximate surface area is 150 Å². The van der Waals surface area contributed by atoms with Crippen LogP contribution in [0.2, 0.25) is 0 Å². The molecule has 1 aliphatic heterocycles. The molecule has 0 aromatic heterocycles. The Morgan fingerprint density at radius 3 is 2.16 bits per heavy atom. The second-order valence-corrected chi connectivity index (χ2v) is 7.42. The van der Waals surface area contributed by atoms with E-state index in [2.05, 4.69) is 36.5 Å². The van der Waals surface area contributed by atoms with Crippen LogP contribution in [-0.4, -0.2) is 60.2 Å². The fourth-order valence-corrected chi connectivity index (χ4v) is 2.60. The number of benzene rings is 1. The lowest BCUT2D eigenvalue weighted by Crippen LogP contribution is -2.54. The molecule has 6 nitrogen and oxygen atoms in total. The molecule has 0 unspecified atom stereocenters. The number of nitrogens with zero attached hydrogens (tertiary/aromatic N) is 2. The van der Waals surface area contributed by atoms with Gasteiger partial charge in [-0.05, 0) is 39.7 Å². The van der Waals surface area contributed by atoms with Crippen molar-refractivity contribution in [2.24, 2.45) is 0 Å². The van der Waals surface area contributed by atoms with Crippen LogP contribution in [0.1, 0.15) is 31.9 Å². The fraction of sp³-hybridized carbons (Fsp3) is 0.579. The molecule has 0 bridgehead atoms. The Balaban J connectivity index is 1.70. The lowest BCUT2D eigenvalue weighted by molar-refractivity contribution is 0.0170. The summed E-state index contributed by atoms with van der Waals surface area (Å²) in [7, 11) is 0. The van der Waals surface area contributed by atoms with Crippen LogP contribution in [0.3, 0.4) is 0 Å². The van der Waals surface area contributed by atoms with Gasteiger partial charge < -0.3 is 19.9 Å². The number of carbonyl (C=O) groups is 2. The van der Waals surface area contributed by atoms with Gasteiger partial charge in [0.05, 0.1) is 0 Å². The summed E-state index contributed by atoms with van der Waals surface area (Å²) in [5.74, 6) is 0. The normalized spacial score (nSPS) is 15.0. The first-order chi connectivity index (χ1) is 11.7. The van der Waals surface area contributed by atoms with E-state index in [1.165, 1.54) is 11.1 Å². The zero-order valence-corrected chi connectivity index (χ0v) is 15.7. The Morgan fingerprint density at radius 2 is 1.60 bits per heavy atom. The first-order valence-corrected chi connectivity index (χ1v) is 8.81. The minimum Gasteiger partial charge on any atom is -0.444 e. The molecule has 1 aliphatic rings. The highest BCUT2D eigenvalue weighted by Crippen LogP contribution is 2.12. The van der Waals surface area contributed by atoms with Crippen LogP contribution in [-0.2, 0) is 11.2 Å². The zero-order valence-electron chi connectivity index (χ0n) is 15.7. The van der Waals surface area contributed by atoms with E-state index in [0.29, 0.717) is 32.7 Å². The highest BCUT2D eigenvalue weighted by atomic mass is 16.6. The van der Waals surface area contributed by atoms with Crippen molar-refractivity contribution in [2.75, 3.05) is 32.7 Å². The molecule has 2 rings (SSSR count). The number of nitrogens with one attached hydrogen (secondary N) is 1. The van der Waals surface area contributed by atoms with Gasteiger partial charge in [-0.1, -0.05) is 29.8 Å². The summed E-state index contributed by atoms with van der Waals surface area (Å²) in [5, 5.41) is 2.95. The van der Waals surface area contributed by atoms with E-state index in [1.54, 1.807) is 9.80 Å². The number of aryl methyl sites for hydroxylation is 1. The zero-order chi connectivity index (χ0) is 18.4. The number of urea groups is 1. The molecule has 138 valence electrons. The van der Waals surface area contributed by atoms with Crippen molar-refractivity contribution in [3.63, 3.8) is 0 Å². The minimum absolute atomic E-state index is 0.0732. The summed E-state index contributed by atoms with van der Waals surface area (Å²) in [4.78, 5) is 27.7. The predicted molar refractivity (Wildman–Crippen MR) is 97.7 cm³/mol. The lowest BCUT2D eigenvalue weighted by Gasteiger charge is -2.35. The summed E-state index contributed by atoms with van der Waals surface area (Å²) < 4.78 is 5.36. The van der Waals surface area contributed by atoms with E-state index < -0.39 is 5.60 Å². The maximum absolute atomic E-state index is 12.2. The molecular formula is C19H29N3O3. The highest BCUT2D eigenvalue weighted by molar-refractivity contribution is 5.75. The summed E-state index contributed by atoms with van der Waals surface area (Å²) in [6.45, 7) is 10.3. The number of hydrogen-bond donors (Lipinski definition) is 1. The van der Waals surface area contributed by atoms with Crippen LogP contribution in [0.4, 0.5) is 9.59 Å². The lowest BCUT2D eigenvalue weighted by atomic mass is 10.1. The third kappa shape index (κ3) is 6.29. The van der Waals surface area contributed by atoms with Gasteiger partial charge >= 0.3 is 12.1 Å². The quantitative estimate of drug-likeness (QED) is 0.914. The van der Waals surface area contributed by atoms with Gasteiger partial charge in [0.25, 0.3) is 0 Å². The van der Waals surface area contributed by atoms with Crippen molar-refractivity contribution in [1.29, 1.82) is 0 Å². The van der Waals surface area contributed by atoms with Crippen molar-refractivity contribution in [3.05, 3.63) is 35.4 Å². The molecule has 1 fully saturated rings. The van der Waals surface area contributed by atoms with Gasteiger partial charge in [0.2, 0.25) is 0 Å². The number of ether oxygens (including phenoxy) is 1. The molecule has 1 saturated heterocycles. The standard InChI is InChI=1S/C19H29N3O3/c1-15-5-7-16(8-6-15)9-10-20-17(23)21-11-13-22(14-12-21)18(24)25-19(2,3)4/h5-8H,9-14H2,1-4H3,(H,20,23). The van der Waals surface area contributed by atoms with Crippen molar-refractivity contribution in [2.45, 2.75) is 39.7 Å². The molecule has 1 aromatic rings. The maximum Gasteiger partial charge on any atom is 0.410 e. The molecule has 25 heavy (non-hydrogen) atoms. The van der Waals surface area contributed by atoms with Crippen LogP contribution in [0.5, 0.6) is 0 Å². The second-order valence-electron chi connectivity index (χ2n) is 7.42. The largest absolute Gasteiger partial charge is 0.444 e. The molecule has 1 heterocycles. The van der Waals surface area contributed by atoms with Crippen molar-refractivity contribution < 1.29 is 14.3 Å². The number of carbonyl (C=O) groups excluding carboxylic acids is 2. The number of piperazine rings is 1. The average Bonchev–Trinajstić information content (AvgIpc) is 2.55. The second kappa shape index (κ2) is 8.23. The molecule has 1 N–H and O–H groups in total. The number of amides is 3. The molecule has 0 radical (unpaired) electrons. The van der Waals surface area contributed by atoms with E-state index in [1.807, 2.05) is 20.8 Å². The molecular weight excluding hydrogens is 318 g/mol. The monoisotopic (exact) mass is 347 g/mol. The van der Waals surface area contributed by atoms with E-state index in [-0.39, 0.29) is 12.1 Å². The Bertz CT molecular complexity index is 585. The van der Waals surface area contributed by atoms with Crippen LogP contribution in [0.15, 0.2) is 24.3 Å². The van der Waals surface area contributed by atoms with Gasteiger partial charge in [-0.15, -0.1) is 0 Å². The maximum atomic E-state index is 12.2. The summed E-state index contributed by atoms with van der Waals surface area (Å²) in [5.41, 5.74) is 1.94. The molecule has 0 spiro atoms. The van der Waals surface area contributed by atoms with Crippen LogP contribution < -0.4 is 5.32 Å². The van der Waals surface area contributed by atoms with Gasteiger partial charge in [-0.2, -0.15) is 0 Å². The van der Waals surface area contributed by atoms with E-state index in [0.717, 1.165) is 6.42 Å². The summed E-state index contributed by atoms with van der Waals surface area (Å²) in [6, 6.07) is 8.25. The topological polar surface area (TPSA) is 61.9 Å². The van der Waals surface area contributed by atoms with Gasteiger partial charge in [-0.3, -0.25) is 0 Å². The first kappa shape index (κ1) is 19.1. The molecule has 0 atom stereocenters. The third-order valence-electron chi connectivity index (χ3n) is 4.03.